The molecule has 0 saturated carbocycles. The first kappa shape index (κ1) is 17.7. The van der Waals surface area contributed by atoms with Gasteiger partial charge in [0.25, 0.3) is 0 Å². The van der Waals surface area contributed by atoms with Crippen LogP contribution < -0.4 is 11.0 Å². The van der Waals surface area contributed by atoms with Crippen molar-refractivity contribution in [2.24, 2.45) is 0 Å². The van der Waals surface area contributed by atoms with Crippen LogP contribution in [-0.4, -0.2) is 27.2 Å². The minimum absolute atomic E-state index is 0.288. The second-order valence-electron chi connectivity index (χ2n) is 5.69. The quantitative estimate of drug-likeness (QED) is 0.684. The van der Waals surface area contributed by atoms with Crippen molar-refractivity contribution < 1.29 is 13.6 Å². The van der Waals surface area contributed by atoms with E-state index in [-0.39, 0.29) is 5.56 Å². The van der Waals surface area contributed by atoms with Gasteiger partial charge in [-0.3, -0.25) is 4.79 Å². The molecular weight excluding hydrogens is 342 g/mol. The average molecular weight is 358 g/mol. The molecule has 0 saturated heterocycles. The number of halogens is 2. The van der Waals surface area contributed by atoms with Crippen LogP contribution in [0, 0.1) is 11.6 Å². The van der Waals surface area contributed by atoms with Crippen LogP contribution >= 0.6 is 0 Å². The van der Waals surface area contributed by atoms with Gasteiger partial charge in [-0.1, -0.05) is 12.1 Å². The third kappa shape index (κ3) is 3.60. The summed E-state index contributed by atoms with van der Waals surface area (Å²) in [6, 6.07) is 9.94. The maximum absolute atomic E-state index is 13.7. The van der Waals surface area contributed by atoms with Gasteiger partial charge in [-0.2, -0.15) is 5.10 Å². The summed E-state index contributed by atoms with van der Waals surface area (Å²) in [6.45, 7) is 0.262. The van der Waals surface area contributed by atoms with Gasteiger partial charge in [0.05, 0.1) is 11.3 Å². The summed E-state index contributed by atoms with van der Waals surface area (Å²) in [5.74, 6) is -2.41. The number of hydrogen-bond donors (Lipinski definition) is 1. The van der Waals surface area contributed by atoms with Gasteiger partial charge in [0.15, 0.2) is 5.78 Å². The number of aromatic nitrogens is 3. The Morgan fingerprint density at radius 2 is 1.88 bits per heavy atom. The highest BCUT2D eigenvalue weighted by molar-refractivity contribution is 5.96. The molecule has 0 spiro atoms. The molecule has 0 amide bonds. The molecule has 0 fully saturated rings. The maximum Gasteiger partial charge on any atom is 0.350 e. The van der Waals surface area contributed by atoms with Gasteiger partial charge in [-0.25, -0.2) is 22.8 Å². The van der Waals surface area contributed by atoms with Gasteiger partial charge in [-0.15, -0.1) is 0 Å². The highest BCUT2D eigenvalue weighted by atomic mass is 19.1. The molecule has 26 heavy (non-hydrogen) atoms. The third-order valence-electron chi connectivity index (χ3n) is 3.85. The molecule has 0 aliphatic rings. The fourth-order valence-electron chi connectivity index (χ4n) is 2.54. The molecule has 2 aromatic carbocycles. The molecule has 1 N–H and O–H groups in total. The monoisotopic (exact) mass is 358 g/mol. The SMILES string of the molecule is CNCc1ccc(-n2cnn(CC(=O)c3ccc(F)cc3F)c2=O)cc1. The molecule has 1 heterocycles. The summed E-state index contributed by atoms with van der Waals surface area (Å²) in [6.07, 6.45) is 1.30. The minimum Gasteiger partial charge on any atom is -0.316 e. The summed E-state index contributed by atoms with van der Waals surface area (Å²) in [4.78, 5) is 24.6. The number of carbonyl (C=O) groups excluding carboxylic acids is 1. The summed E-state index contributed by atoms with van der Waals surface area (Å²) in [7, 11) is 1.84. The Balaban J connectivity index is 1.82. The molecule has 8 heteroatoms. The van der Waals surface area contributed by atoms with Crippen LogP contribution in [0.1, 0.15) is 15.9 Å². The first-order chi connectivity index (χ1) is 12.5. The lowest BCUT2D eigenvalue weighted by Crippen LogP contribution is -2.27. The van der Waals surface area contributed by atoms with E-state index in [9.17, 15) is 18.4 Å². The van der Waals surface area contributed by atoms with Crippen LogP contribution in [0.4, 0.5) is 8.78 Å². The lowest BCUT2D eigenvalue weighted by atomic mass is 10.1. The number of carbonyl (C=O) groups is 1. The molecule has 0 aliphatic carbocycles. The largest absolute Gasteiger partial charge is 0.350 e. The fourth-order valence-corrected chi connectivity index (χ4v) is 2.54. The highest BCUT2D eigenvalue weighted by Crippen LogP contribution is 2.11. The van der Waals surface area contributed by atoms with Crippen molar-refractivity contribution in [3.63, 3.8) is 0 Å². The van der Waals surface area contributed by atoms with E-state index in [2.05, 4.69) is 10.4 Å². The van der Waals surface area contributed by atoms with Gasteiger partial charge in [-0.05, 0) is 36.9 Å². The van der Waals surface area contributed by atoms with Crippen molar-refractivity contribution in [3.05, 3.63) is 82.0 Å². The molecule has 0 radical (unpaired) electrons. The lowest BCUT2D eigenvalue weighted by molar-refractivity contribution is 0.0962. The Kier molecular flexibility index (Phi) is 5.04. The van der Waals surface area contributed by atoms with Gasteiger partial charge in [0.1, 0.15) is 24.5 Å². The molecule has 0 unspecified atom stereocenters. The fraction of sp³-hybridized carbons (Fsp3) is 0.167. The summed E-state index contributed by atoms with van der Waals surface area (Å²) < 4.78 is 28.9. The van der Waals surface area contributed by atoms with Crippen molar-refractivity contribution in [2.75, 3.05) is 7.05 Å². The van der Waals surface area contributed by atoms with Gasteiger partial charge >= 0.3 is 5.69 Å². The Bertz CT molecular complexity index is 993. The topological polar surface area (TPSA) is 68.9 Å². The van der Waals surface area contributed by atoms with Gasteiger partial charge in [0.2, 0.25) is 0 Å². The van der Waals surface area contributed by atoms with Crippen molar-refractivity contribution in [1.82, 2.24) is 19.7 Å². The van der Waals surface area contributed by atoms with Crippen LogP contribution in [0.3, 0.4) is 0 Å². The van der Waals surface area contributed by atoms with Crippen molar-refractivity contribution in [3.8, 4) is 5.69 Å². The van der Waals surface area contributed by atoms with Crippen LogP contribution in [0.5, 0.6) is 0 Å². The zero-order valence-electron chi connectivity index (χ0n) is 13.9. The van der Waals surface area contributed by atoms with Gasteiger partial charge in [0, 0.05) is 12.6 Å². The van der Waals surface area contributed by atoms with E-state index in [1.165, 1.54) is 10.9 Å². The number of Topliss-reactive ketones (excluding diaryl/α,β-unsaturated/α-hetero) is 1. The average Bonchev–Trinajstić information content (AvgIpc) is 2.96. The zero-order chi connectivity index (χ0) is 18.7. The van der Waals surface area contributed by atoms with E-state index >= 15 is 0 Å². The predicted octanol–water partition coefficient (Wildman–Crippen LogP) is 1.91. The molecule has 134 valence electrons. The van der Waals surface area contributed by atoms with E-state index in [1.54, 1.807) is 12.1 Å². The minimum atomic E-state index is -0.970. The molecule has 3 aromatic rings. The van der Waals surface area contributed by atoms with Crippen LogP contribution in [0.2, 0.25) is 0 Å². The summed E-state index contributed by atoms with van der Waals surface area (Å²) in [5, 5.41) is 6.93. The molecule has 1 aromatic heterocycles. The Morgan fingerprint density at radius 1 is 1.15 bits per heavy atom. The molecule has 3 rings (SSSR count). The van der Waals surface area contributed by atoms with E-state index < -0.39 is 29.7 Å². The number of ketones is 1. The molecule has 0 aliphatic heterocycles. The standard InChI is InChI=1S/C18H16F2N4O2/c1-21-9-12-2-5-14(6-3-12)23-11-22-24(18(23)26)10-17(25)15-7-4-13(19)8-16(15)20/h2-8,11,21H,9-10H2,1H3. The van der Waals surface area contributed by atoms with E-state index in [1.807, 2.05) is 19.2 Å². The second kappa shape index (κ2) is 7.40. The van der Waals surface area contributed by atoms with Gasteiger partial charge < -0.3 is 5.32 Å². The summed E-state index contributed by atoms with van der Waals surface area (Å²) >= 11 is 0. The van der Waals surface area contributed by atoms with Crippen molar-refractivity contribution >= 4 is 5.78 Å². The number of nitrogens with zero attached hydrogens (tertiary/aromatic N) is 3. The Labute approximate surface area is 147 Å². The van der Waals surface area contributed by atoms with E-state index in [0.717, 1.165) is 22.4 Å². The lowest BCUT2D eigenvalue weighted by Gasteiger charge is -2.04. The van der Waals surface area contributed by atoms with Crippen molar-refractivity contribution in [1.29, 1.82) is 0 Å². The van der Waals surface area contributed by atoms with E-state index in [0.29, 0.717) is 18.3 Å². The number of benzene rings is 2. The molecule has 0 bridgehead atoms. The zero-order valence-corrected chi connectivity index (χ0v) is 13.9. The molecule has 0 atom stereocenters. The first-order valence-electron chi connectivity index (χ1n) is 7.86. The summed E-state index contributed by atoms with van der Waals surface area (Å²) in [5.41, 5.74) is 0.840. The number of nitrogens with one attached hydrogen (secondary N) is 1. The maximum atomic E-state index is 13.7. The smallest absolute Gasteiger partial charge is 0.316 e. The highest BCUT2D eigenvalue weighted by Gasteiger charge is 2.16. The van der Waals surface area contributed by atoms with Crippen molar-refractivity contribution in [2.45, 2.75) is 13.1 Å². The number of rotatable bonds is 6. The predicted molar refractivity (Wildman–Crippen MR) is 91.3 cm³/mol. The Hall–Kier alpha value is -3.13. The molecular formula is C18H16F2N4O2. The van der Waals surface area contributed by atoms with Crippen LogP contribution in [-0.2, 0) is 13.1 Å². The first-order valence-corrected chi connectivity index (χ1v) is 7.86. The molecule has 6 nitrogen and oxygen atoms in total. The number of hydrogen-bond acceptors (Lipinski definition) is 4. The Morgan fingerprint density at radius 3 is 2.54 bits per heavy atom. The van der Waals surface area contributed by atoms with Crippen LogP contribution in [0.25, 0.3) is 5.69 Å². The van der Waals surface area contributed by atoms with Crippen LogP contribution in [0.15, 0.2) is 53.6 Å². The third-order valence-corrected chi connectivity index (χ3v) is 3.85. The normalized spacial score (nSPS) is 10.9. The van der Waals surface area contributed by atoms with E-state index in [4.69, 9.17) is 0 Å². The second-order valence-corrected chi connectivity index (χ2v) is 5.69.